The first-order valence-corrected chi connectivity index (χ1v) is 4.76. The van der Waals surface area contributed by atoms with Gasteiger partial charge in [0.25, 0.3) is 0 Å². The zero-order valence-electron chi connectivity index (χ0n) is 6.92. The van der Waals surface area contributed by atoms with Gasteiger partial charge >= 0.3 is 0 Å². The van der Waals surface area contributed by atoms with E-state index >= 15 is 0 Å². The zero-order valence-corrected chi connectivity index (χ0v) is 7.74. The standard InChI is InChI=1S/C9H9N3S/c10-13-9-6-7-12(11-9)8-4-2-1-3-5-8/h1-7H,10H2. The minimum absolute atomic E-state index is 0.823. The van der Waals surface area contributed by atoms with Crippen molar-refractivity contribution in [3.63, 3.8) is 0 Å². The van der Waals surface area contributed by atoms with Crippen LogP contribution in [0.25, 0.3) is 5.69 Å². The molecule has 0 unspecified atom stereocenters. The second-order valence-electron chi connectivity index (χ2n) is 2.55. The molecule has 2 rings (SSSR count). The van der Waals surface area contributed by atoms with Crippen molar-refractivity contribution in [2.24, 2.45) is 5.14 Å². The topological polar surface area (TPSA) is 43.8 Å². The minimum atomic E-state index is 0.823. The minimum Gasteiger partial charge on any atom is -0.272 e. The first-order chi connectivity index (χ1) is 6.40. The van der Waals surface area contributed by atoms with Crippen LogP contribution in [0.1, 0.15) is 0 Å². The van der Waals surface area contributed by atoms with Gasteiger partial charge in [-0.05, 0) is 30.1 Å². The van der Waals surface area contributed by atoms with E-state index < -0.39 is 0 Å². The first kappa shape index (κ1) is 8.34. The quantitative estimate of drug-likeness (QED) is 0.736. The number of nitrogens with zero attached hydrogens (tertiary/aromatic N) is 2. The molecule has 0 aliphatic carbocycles. The molecule has 0 saturated carbocycles. The van der Waals surface area contributed by atoms with E-state index in [0.717, 1.165) is 22.7 Å². The molecule has 0 atom stereocenters. The SMILES string of the molecule is NSc1ccn(-c2ccccc2)n1. The van der Waals surface area contributed by atoms with Crippen molar-refractivity contribution in [2.75, 3.05) is 0 Å². The van der Waals surface area contributed by atoms with Crippen LogP contribution in [0, 0.1) is 0 Å². The molecule has 1 aromatic carbocycles. The van der Waals surface area contributed by atoms with Crippen LogP contribution in [-0.4, -0.2) is 9.78 Å². The Morgan fingerprint density at radius 3 is 2.54 bits per heavy atom. The zero-order chi connectivity index (χ0) is 9.10. The molecule has 1 heterocycles. The summed E-state index contributed by atoms with van der Waals surface area (Å²) >= 11 is 1.15. The van der Waals surface area contributed by atoms with Crippen molar-refractivity contribution in [3.05, 3.63) is 42.6 Å². The number of hydrogen-bond donors (Lipinski definition) is 1. The number of para-hydroxylation sites is 1. The Hall–Kier alpha value is -1.26. The lowest BCUT2D eigenvalue weighted by Crippen LogP contribution is -1.94. The van der Waals surface area contributed by atoms with E-state index in [4.69, 9.17) is 5.14 Å². The molecular weight excluding hydrogens is 182 g/mol. The van der Waals surface area contributed by atoms with Gasteiger partial charge in [-0.1, -0.05) is 18.2 Å². The van der Waals surface area contributed by atoms with Crippen molar-refractivity contribution < 1.29 is 0 Å². The second kappa shape index (κ2) is 3.64. The maximum atomic E-state index is 5.38. The summed E-state index contributed by atoms with van der Waals surface area (Å²) in [6.07, 6.45) is 1.89. The average Bonchev–Trinajstić information content (AvgIpc) is 2.67. The van der Waals surface area contributed by atoms with Gasteiger partial charge in [0.1, 0.15) is 5.03 Å². The number of nitrogens with two attached hydrogens (primary N) is 1. The van der Waals surface area contributed by atoms with E-state index in [0.29, 0.717) is 0 Å². The van der Waals surface area contributed by atoms with E-state index in [2.05, 4.69) is 5.10 Å². The lowest BCUT2D eigenvalue weighted by atomic mass is 10.3. The molecule has 0 bridgehead atoms. The predicted octanol–water partition coefficient (Wildman–Crippen LogP) is 1.84. The highest BCUT2D eigenvalue weighted by atomic mass is 32.2. The third-order valence-electron chi connectivity index (χ3n) is 1.71. The van der Waals surface area contributed by atoms with Gasteiger partial charge < -0.3 is 0 Å². The van der Waals surface area contributed by atoms with Crippen molar-refractivity contribution in [2.45, 2.75) is 5.03 Å². The molecule has 0 amide bonds. The fourth-order valence-electron chi connectivity index (χ4n) is 1.09. The van der Waals surface area contributed by atoms with Crippen molar-refractivity contribution in [3.8, 4) is 5.69 Å². The molecule has 66 valence electrons. The van der Waals surface area contributed by atoms with E-state index in [1.807, 2.05) is 42.6 Å². The maximum absolute atomic E-state index is 5.38. The van der Waals surface area contributed by atoms with Crippen LogP contribution in [0.5, 0.6) is 0 Å². The Balaban J connectivity index is 2.36. The summed E-state index contributed by atoms with van der Waals surface area (Å²) in [7, 11) is 0. The molecule has 2 N–H and O–H groups in total. The van der Waals surface area contributed by atoms with Gasteiger partial charge in [0.15, 0.2) is 0 Å². The third-order valence-corrected chi connectivity index (χ3v) is 2.17. The molecule has 0 saturated heterocycles. The summed E-state index contributed by atoms with van der Waals surface area (Å²) in [5.74, 6) is 0. The molecule has 4 heteroatoms. The molecule has 13 heavy (non-hydrogen) atoms. The highest BCUT2D eigenvalue weighted by Crippen LogP contribution is 2.11. The van der Waals surface area contributed by atoms with Crippen LogP contribution in [0.3, 0.4) is 0 Å². The molecule has 2 aromatic rings. The number of aromatic nitrogens is 2. The fraction of sp³-hybridized carbons (Fsp3) is 0. The Morgan fingerprint density at radius 2 is 1.92 bits per heavy atom. The van der Waals surface area contributed by atoms with Gasteiger partial charge in [-0.15, -0.1) is 0 Å². The molecular formula is C9H9N3S. The van der Waals surface area contributed by atoms with Crippen LogP contribution in [0.2, 0.25) is 0 Å². The molecule has 0 radical (unpaired) electrons. The fourth-order valence-corrected chi connectivity index (χ4v) is 1.37. The Kier molecular flexibility index (Phi) is 2.33. The van der Waals surface area contributed by atoms with E-state index in [1.54, 1.807) is 4.68 Å². The second-order valence-corrected chi connectivity index (χ2v) is 3.21. The lowest BCUT2D eigenvalue weighted by molar-refractivity contribution is 0.837. The van der Waals surface area contributed by atoms with E-state index in [1.165, 1.54) is 0 Å². The van der Waals surface area contributed by atoms with Crippen LogP contribution >= 0.6 is 11.9 Å². The summed E-state index contributed by atoms with van der Waals surface area (Å²) < 4.78 is 1.80. The van der Waals surface area contributed by atoms with Crippen LogP contribution in [0.15, 0.2) is 47.6 Å². The van der Waals surface area contributed by atoms with Crippen molar-refractivity contribution in [1.82, 2.24) is 9.78 Å². The Labute approximate surface area is 80.7 Å². The van der Waals surface area contributed by atoms with Gasteiger partial charge in [0.2, 0.25) is 0 Å². The molecule has 0 fully saturated rings. The normalized spacial score (nSPS) is 10.2. The number of hydrogen-bond acceptors (Lipinski definition) is 3. The largest absolute Gasteiger partial charge is 0.272 e. The monoisotopic (exact) mass is 191 g/mol. The Morgan fingerprint density at radius 1 is 1.15 bits per heavy atom. The molecule has 3 nitrogen and oxygen atoms in total. The smallest absolute Gasteiger partial charge is 0.133 e. The summed E-state index contributed by atoms with van der Waals surface area (Å²) in [6.45, 7) is 0. The van der Waals surface area contributed by atoms with E-state index in [9.17, 15) is 0 Å². The predicted molar refractivity (Wildman–Crippen MR) is 53.6 cm³/mol. The lowest BCUT2D eigenvalue weighted by Gasteiger charge is -1.98. The summed E-state index contributed by atoms with van der Waals surface area (Å²) in [6, 6.07) is 11.8. The van der Waals surface area contributed by atoms with Crippen molar-refractivity contribution >= 4 is 11.9 Å². The Bertz CT molecular complexity index is 383. The molecule has 0 aliphatic heterocycles. The van der Waals surface area contributed by atoms with Gasteiger partial charge in [0.05, 0.1) is 5.69 Å². The van der Waals surface area contributed by atoms with E-state index in [-0.39, 0.29) is 0 Å². The highest BCUT2D eigenvalue weighted by molar-refractivity contribution is 7.97. The molecule has 0 aliphatic rings. The average molecular weight is 191 g/mol. The van der Waals surface area contributed by atoms with Crippen LogP contribution in [0.4, 0.5) is 0 Å². The van der Waals surface area contributed by atoms with Gasteiger partial charge in [-0.2, -0.15) is 5.10 Å². The maximum Gasteiger partial charge on any atom is 0.133 e. The van der Waals surface area contributed by atoms with Crippen LogP contribution < -0.4 is 5.14 Å². The number of rotatable bonds is 2. The van der Waals surface area contributed by atoms with Crippen molar-refractivity contribution in [1.29, 1.82) is 0 Å². The molecule has 0 spiro atoms. The van der Waals surface area contributed by atoms with Gasteiger partial charge in [0, 0.05) is 6.20 Å². The number of benzene rings is 1. The van der Waals surface area contributed by atoms with Gasteiger partial charge in [-0.3, -0.25) is 5.14 Å². The highest BCUT2D eigenvalue weighted by Gasteiger charge is 1.98. The summed E-state index contributed by atoms with van der Waals surface area (Å²) in [5.41, 5.74) is 1.04. The first-order valence-electron chi connectivity index (χ1n) is 3.88. The third kappa shape index (κ3) is 1.74. The summed E-state index contributed by atoms with van der Waals surface area (Å²) in [4.78, 5) is 0. The van der Waals surface area contributed by atoms with Crippen LogP contribution in [-0.2, 0) is 0 Å². The van der Waals surface area contributed by atoms with Gasteiger partial charge in [-0.25, -0.2) is 4.68 Å². The molecule has 1 aromatic heterocycles. The summed E-state index contributed by atoms with van der Waals surface area (Å²) in [5, 5.41) is 10.5.